The number of esters is 1. The van der Waals surface area contributed by atoms with Crippen molar-refractivity contribution in [3.63, 3.8) is 0 Å². The van der Waals surface area contributed by atoms with Crippen molar-refractivity contribution in [2.75, 3.05) is 21.3 Å². The van der Waals surface area contributed by atoms with Crippen LogP contribution in [-0.2, 0) is 4.79 Å². The number of nitro groups is 1. The van der Waals surface area contributed by atoms with Crippen molar-refractivity contribution in [1.82, 2.24) is 0 Å². The number of carbonyl (C=O) groups excluding carboxylic acids is 1. The summed E-state index contributed by atoms with van der Waals surface area (Å²) in [5.74, 6) is 0.925. The summed E-state index contributed by atoms with van der Waals surface area (Å²) >= 11 is 0. The molecule has 0 bridgehead atoms. The number of hydrogen-bond acceptors (Lipinski definition) is 7. The molecule has 0 aliphatic rings. The molecule has 0 amide bonds. The number of hydrogen-bond donors (Lipinski definition) is 0. The Labute approximate surface area is 149 Å². The normalized spacial score (nSPS) is 10.4. The van der Waals surface area contributed by atoms with Crippen LogP contribution in [-0.4, -0.2) is 32.2 Å². The Morgan fingerprint density at radius 2 is 1.58 bits per heavy atom. The van der Waals surface area contributed by atoms with E-state index in [-0.39, 0.29) is 11.4 Å². The van der Waals surface area contributed by atoms with Crippen LogP contribution < -0.4 is 18.9 Å². The Hall–Kier alpha value is -3.55. The third-order valence-electron chi connectivity index (χ3n) is 3.36. The van der Waals surface area contributed by atoms with Crippen LogP contribution in [0.2, 0.25) is 0 Å². The summed E-state index contributed by atoms with van der Waals surface area (Å²) in [6.07, 6.45) is 2.75. The summed E-state index contributed by atoms with van der Waals surface area (Å²) in [6.45, 7) is 0. The van der Waals surface area contributed by atoms with Crippen LogP contribution in [0.15, 0.2) is 42.5 Å². The van der Waals surface area contributed by atoms with Crippen LogP contribution in [0.25, 0.3) is 6.08 Å². The van der Waals surface area contributed by atoms with E-state index in [4.69, 9.17) is 18.9 Å². The molecule has 0 atom stereocenters. The van der Waals surface area contributed by atoms with Crippen molar-refractivity contribution in [3.8, 4) is 23.0 Å². The molecule has 0 aromatic heterocycles. The van der Waals surface area contributed by atoms with Gasteiger partial charge in [-0.3, -0.25) is 10.1 Å². The Bertz CT molecular complexity index is 803. The molecular formula is C18H17NO7. The van der Waals surface area contributed by atoms with Crippen molar-refractivity contribution in [2.24, 2.45) is 0 Å². The molecule has 0 unspecified atom stereocenters. The first-order valence-corrected chi connectivity index (χ1v) is 7.42. The molecule has 0 spiro atoms. The van der Waals surface area contributed by atoms with Gasteiger partial charge in [-0.15, -0.1) is 0 Å². The summed E-state index contributed by atoms with van der Waals surface area (Å²) in [5, 5.41) is 10.6. The SMILES string of the molecule is COc1cc(/C=C/C(=O)Oc2ccc([N+](=O)[O-])cc2)cc(OC)c1OC. The molecule has 2 aromatic carbocycles. The van der Waals surface area contributed by atoms with Crippen molar-refractivity contribution in [2.45, 2.75) is 0 Å². The molecule has 0 radical (unpaired) electrons. The van der Waals surface area contributed by atoms with Crippen LogP contribution in [0, 0.1) is 10.1 Å². The smallest absolute Gasteiger partial charge is 0.336 e. The van der Waals surface area contributed by atoms with E-state index in [9.17, 15) is 14.9 Å². The zero-order valence-corrected chi connectivity index (χ0v) is 14.4. The highest BCUT2D eigenvalue weighted by Gasteiger charge is 2.12. The van der Waals surface area contributed by atoms with Gasteiger partial charge in [-0.25, -0.2) is 4.79 Å². The topological polar surface area (TPSA) is 97.1 Å². The quantitative estimate of drug-likeness (QED) is 0.246. The van der Waals surface area contributed by atoms with Crippen molar-refractivity contribution < 1.29 is 28.7 Å². The van der Waals surface area contributed by atoms with E-state index in [1.54, 1.807) is 12.1 Å². The average molecular weight is 359 g/mol. The van der Waals surface area contributed by atoms with Gasteiger partial charge in [0.15, 0.2) is 11.5 Å². The highest BCUT2D eigenvalue weighted by atomic mass is 16.6. The highest BCUT2D eigenvalue weighted by Crippen LogP contribution is 2.38. The van der Waals surface area contributed by atoms with Gasteiger partial charge in [0, 0.05) is 18.2 Å². The first-order chi connectivity index (χ1) is 12.5. The molecule has 0 heterocycles. The van der Waals surface area contributed by atoms with Gasteiger partial charge < -0.3 is 18.9 Å². The van der Waals surface area contributed by atoms with Crippen LogP contribution in [0.1, 0.15) is 5.56 Å². The highest BCUT2D eigenvalue weighted by molar-refractivity contribution is 5.89. The maximum absolute atomic E-state index is 11.9. The number of rotatable bonds is 7. The van der Waals surface area contributed by atoms with Gasteiger partial charge in [0.25, 0.3) is 5.69 Å². The lowest BCUT2D eigenvalue weighted by Gasteiger charge is -2.12. The fourth-order valence-corrected chi connectivity index (χ4v) is 2.15. The molecule has 0 aliphatic carbocycles. The molecule has 2 rings (SSSR count). The lowest BCUT2D eigenvalue weighted by Crippen LogP contribution is -2.03. The molecule has 8 nitrogen and oxygen atoms in total. The Balaban J connectivity index is 2.13. The minimum atomic E-state index is -0.632. The Kier molecular flexibility index (Phi) is 6.15. The standard InChI is InChI=1S/C18H17NO7/c1-23-15-10-12(11-16(24-2)18(15)25-3)4-9-17(20)26-14-7-5-13(6-8-14)19(21)22/h4-11H,1-3H3/b9-4+. The number of nitro benzene ring substituents is 1. The average Bonchev–Trinajstić information content (AvgIpc) is 2.65. The van der Waals surface area contributed by atoms with Crippen molar-refractivity contribution in [1.29, 1.82) is 0 Å². The summed E-state index contributed by atoms with van der Waals surface area (Å²) in [6, 6.07) is 8.57. The maximum Gasteiger partial charge on any atom is 0.336 e. The molecule has 0 saturated heterocycles. The predicted molar refractivity (Wildman–Crippen MR) is 93.9 cm³/mol. The van der Waals surface area contributed by atoms with Gasteiger partial charge in [-0.2, -0.15) is 0 Å². The second-order valence-electron chi connectivity index (χ2n) is 4.96. The van der Waals surface area contributed by atoms with E-state index in [0.29, 0.717) is 22.8 Å². The zero-order chi connectivity index (χ0) is 19.1. The molecule has 2 aromatic rings. The third kappa shape index (κ3) is 4.50. The molecule has 136 valence electrons. The van der Waals surface area contributed by atoms with Gasteiger partial charge in [0.05, 0.1) is 26.3 Å². The van der Waals surface area contributed by atoms with Crippen LogP contribution in [0.3, 0.4) is 0 Å². The summed E-state index contributed by atoms with van der Waals surface area (Å²) in [7, 11) is 4.48. The fraction of sp³-hybridized carbons (Fsp3) is 0.167. The van der Waals surface area contributed by atoms with Crippen LogP contribution in [0.5, 0.6) is 23.0 Å². The number of benzene rings is 2. The largest absolute Gasteiger partial charge is 0.493 e. The molecule has 0 saturated carbocycles. The van der Waals surface area contributed by atoms with E-state index in [1.165, 1.54) is 57.7 Å². The molecule has 0 fully saturated rings. The van der Waals surface area contributed by atoms with E-state index in [0.717, 1.165) is 0 Å². The Morgan fingerprint density at radius 3 is 2.04 bits per heavy atom. The number of ether oxygens (including phenoxy) is 4. The zero-order valence-electron chi connectivity index (χ0n) is 14.4. The lowest BCUT2D eigenvalue weighted by atomic mass is 10.1. The van der Waals surface area contributed by atoms with Gasteiger partial charge >= 0.3 is 5.97 Å². The Morgan fingerprint density at radius 1 is 1.00 bits per heavy atom. The van der Waals surface area contributed by atoms with E-state index in [2.05, 4.69) is 0 Å². The van der Waals surface area contributed by atoms with Crippen molar-refractivity contribution in [3.05, 3.63) is 58.2 Å². The van der Waals surface area contributed by atoms with Crippen LogP contribution in [0.4, 0.5) is 5.69 Å². The minimum Gasteiger partial charge on any atom is -0.493 e. The van der Waals surface area contributed by atoms with Gasteiger partial charge in [-0.1, -0.05) is 0 Å². The van der Waals surface area contributed by atoms with E-state index < -0.39 is 10.9 Å². The summed E-state index contributed by atoms with van der Waals surface area (Å²) < 4.78 is 20.8. The predicted octanol–water partition coefficient (Wildman–Crippen LogP) is 3.24. The first-order valence-electron chi connectivity index (χ1n) is 7.42. The van der Waals surface area contributed by atoms with E-state index in [1.807, 2.05) is 0 Å². The minimum absolute atomic E-state index is 0.0854. The second-order valence-corrected chi connectivity index (χ2v) is 4.96. The molecule has 8 heteroatoms. The number of non-ortho nitro benzene ring substituents is 1. The molecule has 0 aliphatic heterocycles. The molecule has 0 N–H and O–H groups in total. The van der Waals surface area contributed by atoms with Crippen LogP contribution >= 0.6 is 0 Å². The van der Waals surface area contributed by atoms with Gasteiger partial charge in [-0.05, 0) is 35.9 Å². The fourth-order valence-electron chi connectivity index (χ4n) is 2.15. The molecule has 26 heavy (non-hydrogen) atoms. The number of carbonyl (C=O) groups is 1. The number of nitrogens with zero attached hydrogens (tertiary/aromatic N) is 1. The summed E-state index contributed by atoms with van der Waals surface area (Å²) in [4.78, 5) is 22.0. The van der Waals surface area contributed by atoms with E-state index >= 15 is 0 Å². The maximum atomic E-state index is 11.9. The van der Waals surface area contributed by atoms with Gasteiger partial charge in [0.2, 0.25) is 5.75 Å². The molecular weight excluding hydrogens is 342 g/mol. The third-order valence-corrected chi connectivity index (χ3v) is 3.36. The lowest BCUT2D eigenvalue weighted by molar-refractivity contribution is -0.384. The monoisotopic (exact) mass is 359 g/mol. The second kappa shape index (κ2) is 8.52. The summed E-state index contributed by atoms with van der Waals surface area (Å²) in [5.41, 5.74) is 0.554. The first kappa shape index (κ1) is 18.8. The number of methoxy groups -OCH3 is 3. The van der Waals surface area contributed by atoms with Crippen molar-refractivity contribution >= 4 is 17.7 Å². The van der Waals surface area contributed by atoms with Gasteiger partial charge in [0.1, 0.15) is 5.75 Å².